The molecule has 0 spiro atoms. The summed E-state index contributed by atoms with van der Waals surface area (Å²) in [7, 11) is 0. The van der Waals surface area contributed by atoms with Crippen molar-refractivity contribution in [1.29, 1.82) is 0 Å². The lowest BCUT2D eigenvalue weighted by Gasteiger charge is -2.25. The van der Waals surface area contributed by atoms with E-state index in [1.165, 1.54) is 22.5 Å². The SMILES string of the molecule is Cc1cc(C)cc(-c2nnc(NC(=O)C3CCCC(N)C3)s2)c1. The molecule has 1 fully saturated rings. The Hall–Kier alpha value is -1.79. The number of benzene rings is 1. The van der Waals surface area contributed by atoms with E-state index in [2.05, 4.69) is 47.6 Å². The summed E-state index contributed by atoms with van der Waals surface area (Å²) in [4.78, 5) is 12.3. The average Bonchev–Trinajstić information content (AvgIpc) is 2.95. The summed E-state index contributed by atoms with van der Waals surface area (Å²) in [6, 6.07) is 6.43. The normalized spacial score (nSPS) is 21.2. The van der Waals surface area contributed by atoms with Crippen molar-refractivity contribution in [2.45, 2.75) is 45.6 Å². The summed E-state index contributed by atoms with van der Waals surface area (Å²) in [5.74, 6) is 0.00980. The highest BCUT2D eigenvalue weighted by molar-refractivity contribution is 7.18. The zero-order valence-corrected chi connectivity index (χ0v) is 14.3. The quantitative estimate of drug-likeness (QED) is 0.905. The van der Waals surface area contributed by atoms with E-state index in [0.29, 0.717) is 5.13 Å². The van der Waals surface area contributed by atoms with E-state index in [4.69, 9.17) is 5.73 Å². The van der Waals surface area contributed by atoms with Crippen molar-refractivity contribution in [1.82, 2.24) is 10.2 Å². The number of nitrogens with zero attached hydrogens (tertiary/aromatic N) is 2. The first-order chi connectivity index (χ1) is 11.0. The summed E-state index contributed by atoms with van der Waals surface area (Å²) in [6.07, 6.45) is 3.69. The lowest BCUT2D eigenvalue weighted by Crippen LogP contribution is -2.34. The molecular weight excluding hydrogens is 308 g/mol. The first kappa shape index (κ1) is 16.1. The molecule has 1 heterocycles. The summed E-state index contributed by atoms with van der Waals surface area (Å²) in [5.41, 5.74) is 9.38. The fraction of sp³-hybridized carbons (Fsp3) is 0.471. The van der Waals surface area contributed by atoms with Crippen LogP contribution in [0.15, 0.2) is 18.2 Å². The van der Waals surface area contributed by atoms with Crippen LogP contribution in [0.25, 0.3) is 10.6 Å². The Bertz CT molecular complexity index is 692. The molecule has 1 saturated carbocycles. The van der Waals surface area contributed by atoms with Gasteiger partial charge in [0.1, 0.15) is 5.01 Å². The van der Waals surface area contributed by atoms with Crippen molar-refractivity contribution < 1.29 is 4.79 Å². The Morgan fingerprint density at radius 1 is 1.22 bits per heavy atom. The van der Waals surface area contributed by atoms with Crippen molar-refractivity contribution in [3.63, 3.8) is 0 Å². The number of aromatic nitrogens is 2. The lowest BCUT2D eigenvalue weighted by atomic mass is 9.86. The maximum atomic E-state index is 12.3. The zero-order chi connectivity index (χ0) is 16.4. The van der Waals surface area contributed by atoms with Gasteiger partial charge in [-0.15, -0.1) is 10.2 Å². The van der Waals surface area contributed by atoms with Crippen molar-refractivity contribution in [2.75, 3.05) is 5.32 Å². The highest BCUT2D eigenvalue weighted by Crippen LogP contribution is 2.29. The maximum Gasteiger partial charge on any atom is 0.229 e. The van der Waals surface area contributed by atoms with Crippen LogP contribution in [0.3, 0.4) is 0 Å². The molecule has 5 nitrogen and oxygen atoms in total. The Morgan fingerprint density at radius 2 is 1.96 bits per heavy atom. The number of nitrogens with two attached hydrogens (primary N) is 1. The van der Waals surface area contributed by atoms with Gasteiger partial charge in [-0.1, -0.05) is 35.0 Å². The number of hydrogen-bond donors (Lipinski definition) is 2. The topological polar surface area (TPSA) is 80.9 Å². The third-order valence-corrected chi connectivity index (χ3v) is 5.10. The standard InChI is InChI=1S/C17H22N4OS/c1-10-6-11(2)8-13(7-10)16-20-21-17(23-16)19-15(22)12-4-3-5-14(18)9-12/h6-8,12,14H,3-5,9,18H2,1-2H3,(H,19,21,22). The molecule has 6 heteroatoms. The van der Waals surface area contributed by atoms with Crippen LogP contribution in [0.4, 0.5) is 5.13 Å². The van der Waals surface area contributed by atoms with Gasteiger partial charge in [-0.25, -0.2) is 0 Å². The third kappa shape index (κ3) is 3.95. The highest BCUT2D eigenvalue weighted by atomic mass is 32.1. The van der Waals surface area contributed by atoms with Gasteiger partial charge in [0.2, 0.25) is 11.0 Å². The molecule has 3 rings (SSSR count). The third-order valence-electron chi connectivity index (χ3n) is 4.21. The molecule has 3 N–H and O–H groups in total. The van der Waals surface area contributed by atoms with Crippen LogP contribution in [-0.4, -0.2) is 22.1 Å². The molecule has 122 valence electrons. The minimum atomic E-state index is -0.00712. The first-order valence-electron chi connectivity index (χ1n) is 8.00. The number of hydrogen-bond acceptors (Lipinski definition) is 5. The van der Waals surface area contributed by atoms with E-state index < -0.39 is 0 Å². The van der Waals surface area contributed by atoms with E-state index in [1.807, 2.05) is 0 Å². The molecular formula is C17H22N4OS. The fourth-order valence-electron chi connectivity index (χ4n) is 3.16. The zero-order valence-electron chi connectivity index (χ0n) is 13.5. The largest absolute Gasteiger partial charge is 0.328 e. The van der Waals surface area contributed by atoms with Gasteiger partial charge in [0, 0.05) is 17.5 Å². The molecule has 1 amide bonds. The number of anilines is 1. The van der Waals surface area contributed by atoms with Crippen molar-refractivity contribution in [3.8, 4) is 10.6 Å². The minimum absolute atomic E-state index is 0.00712. The highest BCUT2D eigenvalue weighted by Gasteiger charge is 2.26. The second-order valence-electron chi connectivity index (χ2n) is 6.40. The van der Waals surface area contributed by atoms with Crippen LogP contribution in [0.2, 0.25) is 0 Å². The van der Waals surface area contributed by atoms with Crippen LogP contribution in [-0.2, 0) is 4.79 Å². The molecule has 0 radical (unpaired) electrons. The van der Waals surface area contributed by atoms with Crippen LogP contribution < -0.4 is 11.1 Å². The van der Waals surface area contributed by atoms with Gasteiger partial charge in [0.25, 0.3) is 0 Å². The molecule has 2 atom stereocenters. The van der Waals surface area contributed by atoms with Crippen molar-refractivity contribution in [2.24, 2.45) is 11.7 Å². The van der Waals surface area contributed by atoms with Crippen LogP contribution in [0.5, 0.6) is 0 Å². The number of nitrogens with one attached hydrogen (secondary N) is 1. The Balaban J connectivity index is 1.70. The van der Waals surface area contributed by atoms with E-state index in [-0.39, 0.29) is 17.9 Å². The first-order valence-corrected chi connectivity index (χ1v) is 8.81. The summed E-state index contributed by atoms with van der Waals surface area (Å²) in [5, 5.41) is 12.6. The van der Waals surface area contributed by atoms with Gasteiger partial charge in [-0.05, 0) is 45.2 Å². The van der Waals surface area contributed by atoms with Gasteiger partial charge < -0.3 is 11.1 Å². The minimum Gasteiger partial charge on any atom is -0.328 e. The molecule has 23 heavy (non-hydrogen) atoms. The van der Waals surface area contributed by atoms with Gasteiger partial charge in [0.15, 0.2) is 0 Å². The maximum absolute atomic E-state index is 12.3. The Morgan fingerprint density at radius 3 is 2.65 bits per heavy atom. The van der Waals surface area contributed by atoms with E-state index in [1.54, 1.807) is 0 Å². The molecule has 1 aliphatic carbocycles. The van der Waals surface area contributed by atoms with Crippen LogP contribution >= 0.6 is 11.3 Å². The molecule has 1 aromatic carbocycles. The van der Waals surface area contributed by atoms with Crippen molar-refractivity contribution >= 4 is 22.4 Å². The fourth-order valence-corrected chi connectivity index (χ4v) is 3.90. The molecule has 0 aliphatic heterocycles. The molecule has 0 saturated heterocycles. The Kier molecular flexibility index (Phi) is 4.73. The van der Waals surface area contributed by atoms with E-state index >= 15 is 0 Å². The Labute approximate surface area is 140 Å². The number of rotatable bonds is 3. The van der Waals surface area contributed by atoms with Gasteiger partial charge in [-0.2, -0.15) is 0 Å². The number of carbonyl (C=O) groups excluding carboxylic acids is 1. The molecule has 1 aliphatic rings. The number of carbonyl (C=O) groups is 1. The molecule has 2 unspecified atom stereocenters. The lowest BCUT2D eigenvalue weighted by molar-refractivity contribution is -0.120. The average molecular weight is 330 g/mol. The van der Waals surface area contributed by atoms with E-state index in [9.17, 15) is 4.79 Å². The smallest absolute Gasteiger partial charge is 0.229 e. The number of amides is 1. The molecule has 2 aromatic rings. The van der Waals surface area contributed by atoms with Crippen molar-refractivity contribution in [3.05, 3.63) is 29.3 Å². The summed E-state index contributed by atoms with van der Waals surface area (Å²) in [6.45, 7) is 4.12. The van der Waals surface area contributed by atoms with Crippen LogP contribution in [0.1, 0.15) is 36.8 Å². The molecule has 0 bridgehead atoms. The summed E-state index contributed by atoms with van der Waals surface area (Å²) < 4.78 is 0. The van der Waals surface area contributed by atoms with Gasteiger partial charge >= 0.3 is 0 Å². The van der Waals surface area contributed by atoms with Crippen LogP contribution in [0, 0.1) is 19.8 Å². The summed E-state index contributed by atoms with van der Waals surface area (Å²) >= 11 is 1.41. The molecule has 1 aromatic heterocycles. The number of aryl methyl sites for hydroxylation is 2. The second kappa shape index (κ2) is 6.76. The second-order valence-corrected chi connectivity index (χ2v) is 7.38. The van der Waals surface area contributed by atoms with Gasteiger partial charge in [-0.3, -0.25) is 4.79 Å². The monoisotopic (exact) mass is 330 g/mol. The van der Waals surface area contributed by atoms with Gasteiger partial charge in [0.05, 0.1) is 0 Å². The van der Waals surface area contributed by atoms with E-state index in [0.717, 1.165) is 36.3 Å². The predicted octanol–water partition coefficient (Wildman–Crippen LogP) is 3.28. The predicted molar refractivity (Wildman–Crippen MR) is 93.4 cm³/mol.